The van der Waals surface area contributed by atoms with E-state index in [1.165, 1.54) is 7.11 Å². The van der Waals surface area contributed by atoms with Gasteiger partial charge in [-0.3, -0.25) is 4.79 Å². The minimum absolute atomic E-state index is 0.267. The van der Waals surface area contributed by atoms with E-state index in [1.54, 1.807) is 31.2 Å². The Kier molecular flexibility index (Phi) is 3.91. The average molecular weight is 351 g/mol. The summed E-state index contributed by atoms with van der Waals surface area (Å²) < 4.78 is 9.94. The van der Waals surface area contributed by atoms with Crippen molar-refractivity contribution in [2.24, 2.45) is 0 Å². The fourth-order valence-corrected chi connectivity index (χ4v) is 2.89. The molecule has 1 saturated carbocycles. The van der Waals surface area contributed by atoms with Crippen LogP contribution in [0.4, 0.5) is 5.69 Å². The highest BCUT2D eigenvalue weighted by atomic mass is 16.5. The Balaban J connectivity index is 1.65. The Bertz CT molecular complexity index is 1000. The summed E-state index contributed by atoms with van der Waals surface area (Å²) in [5, 5.41) is 7.41. The van der Waals surface area contributed by atoms with Crippen LogP contribution >= 0.6 is 0 Å². The quantitative estimate of drug-likeness (QED) is 0.724. The summed E-state index contributed by atoms with van der Waals surface area (Å²) in [4.78, 5) is 28.8. The Morgan fingerprint density at radius 1 is 1.23 bits per heavy atom. The second-order valence-electron chi connectivity index (χ2n) is 6.34. The van der Waals surface area contributed by atoms with E-state index in [4.69, 9.17) is 4.52 Å². The second-order valence-corrected chi connectivity index (χ2v) is 6.34. The molecule has 0 aliphatic heterocycles. The second kappa shape index (κ2) is 6.25. The molecule has 1 amide bonds. The summed E-state index contributed by atoms with van der Waals surface area (Å²) in [6.45, 7) is 1.78. The maximum atomic E-state index is 12.8. The number of benzene rings is 1. The third kappa shape index (κ3) is 2.92. The van der Waals surface area contributed by atoms with E-state index in [-0.39, 0.29) is 5.91 Å². The predicted molar refractivity (Wildman–Crippen MR) is 94.3 cm³/mol. The van der Waals surface area contributed by atoms with Crippen LogP contribution in [-0.2, 0) is 4.74 Å². The van der Waals surface area contributed by atoms with Crippen molar-refractivity contribution in [2.45, 2.75) is 25.7 Å². The molecule has 2 aromatic heterocycles. The largest absolute Gasteiger partial charge is 0.465 e. The lowest BCUT2D eigenvalue weighted by Crippen LogP contribution is -2.13. The van der Waals surface area contributed by atoms with Crippen molar-refractivity contribution in [3.63, 3.8) is 0 Å². The zero-order valence-corrected chi connectivity index (χ0v) is 14.4. The molecule has 2 heterocycles. The average Bonchev–Trinajstić information content (AvgIpc) is 3.44. The number of amides is 1. The number of nitrogens with one attached hydrogen (secondary N) is 1. The highest BCUT2D eigenvalue weighted by Crippen LogP contribution is 2.40. The van der Waals surface area contributed by atoms with Crippen molar-refractivity contribution in [1.29, 1.82) is 0 Å². The first-order valence-electron chi connectivity index (χ1n) is 8.33. The zero-order valence-electron chi connectivity index (χ0n) is 14.4. The number of hydrogen-bond donors (Lipinski definition) is 1. The normalized spacial score (nSPS) is 13.6. The number of esters is 1. The fraction of sp³-hybridized carbons (Fsp3) is 0.263. The van der Waals surface area contributed by atoms with Crippen LogP contribution in [-0.4, -0.2) is 29.1 Å². The van der Waals surface area contributed by atoms with E-state index in [0.29, 0.717) is 39.5 Å². The lowest BCUT2D eigenvalue weighted by Gasteiger charge is -2.08. The number of aryl methyl sites for hydroxylation is 1. The lowest BCUT2D eigenvalue weighted by atomic mass is 10.1. The molecule has 4 rings (SSSR count). The van der Waals surface area contributed by atoms with Gasteiger partial charge in [0.25, 0.3) is 11.6 Å². The van der Waals surface area contributed by atoms with Gasteiger partial charge in [-0.25, -0.2) is 9.78 Å². The van der Waals surface area contributed by atoms with E-state index in [1.807, 2.05) is 6.07 Å². The first kappa shape index (κ1) is 16.3. The van der Waals surface area contributed by atoms with Crippen molar-refractivity contribution >= 4 is 28.7 Å². The monoisotopic (exact) mass is 351 g/mol. The zero-order chi connectivity index (χ0) is 18.3. The predicted octanol–water partition coefficient (Wildman–Crippen LogP) is 3.45. The molecule has 0 bridgehead atoms. The van der Waals surface area contributed by atoms with Gasteiger partial charge < -0.3 is 14.6 Å². The molecule has 1 aliphatic rings. The van der Waals surface area contributed by atoms with E-state index in [9.17, 15) is 9.59 Å². The molecule has 1 fully saturated rings. The van der Waals surface area contributed by atoms with Crippen LogP contribution in [0.15, 0.2) is 34.9 Å². The van der Waals surface area contributed by atoms with Crippen molar-refractivity contribution in [3.8, 4) is 0 Å². The number of nitrogens with zero attached hydrogens (tertiary/aromatic N) is 2. The van der Waals surface area contributed by atoms with E-state index in [2.05, 4.69) is 20.2 Å². The summed E-state index contributed by atoms with van der Waals surface area (Å²) in [7, 11) is 1.32. The van der Waals surface area contributed by atoms with Crippen LogP contribution in [0.25, 0.3) is 11.1 Å². The van der Waals surface area contributed by atoms with Crippen molar-refractivity contribution < 1.29 is 18.8 Å². The number of methoxy groups -OCH3 is 1. The summed E-state index contributed by atoms with van der Waals surface area (Å²) in [6, 6.07) is 8.34. The maximum Gasteiger partial charge on any atom is 0.337 e. The molecule has 0 radical (unpaired) electrons. The van der Waals surface area contributed by atoms with Gasteiger partial charge in [0.15, 0.2) is 0 Å². The molecular formula is C19H17N3O4. The third-order valence-corrected chi connectivity index (χ3v) is 4.44. The van der Waals surface area contributed by atoms with E-state index >= 15 is 0 Å². The van der Waals surface area contributed by atoms with Gasteiger partial charge in [0.2, 0.25) is 0 Å². The number of hydrogen-bond acceptors (Lipinski definition) is 6. The molecule has 26 heavy (non-hydrogen) atoms. The summed E-state index contributed by atoms with van der Waals surface area (Å²) in [5.74, 6) is -0.306. The van der Waals surface area contributed by atoms with Gasteiger partial charge >= 0.3 is 5.97 Å². The number of carbonyl (C=O) groups is 2. The molecule has 1 aromatic carbocycles. The van der Waals surface area contributed by atoms with E-state index in [0.717, 1.165) is 18.5 Å². The lowest BCUT2D eigenvalue weighted by molar-refractivity contribution is 0.0600. The Hall–Kier alpha value is -3.22. The SMILES string of the molecule is COC(=O)c1ccc(NC(=O)c2cc(C3CC3)nc3onc(C)c23)cc1. The number of carbonyl (C=O) groups excluding carboxylic acids is 2. The summed E-state index contributed by atoms with van der Waals surface area (Å²) >= 11 is 0. The molecule has 132 valence electrons. The first-order chi connectivity index (χ1) is 12.6. The van der Waals surface area contributed by atoms with Gasteiger partial charge in [0, 0.05) is 17.3 Å². The molecule has 1 N–H and O–H groups in total. The van der Waals surface area contributed by atoms with Crippen molar-refractivity contribution in [2.75, 3.05) is 12.4 Å². The number of anilines is 1. The number of aromatic nitrogens is 2. The third-order valence-electron chi connectivity index (χ3n) is 4.44. The molecule has 7 nitrogen and oxygen atoms in total. The van der Waals surface area contributed by atoms with Crippen molar-refractivity contribution in [3.05, 3.63) is 52.8 Å². The van der Waals surface area contributed by atoms with Crippen LogP contribution in [0.5, 0.6) is 0 Å². The number of pyridine rings is 1. The van der Waals surface area contributed by atoms with Crippen LogP contribution in [0.1, 0.15) is 50.9 Å². The molecular weight excluding hydrogens is 334 g/mol. The number of fused-ring (bicyclic) bond motifs is 1. The van der Waals surface area contributed by atoms with Crippen LogP contribution in [0.3, 0.4) is 0 Å². The van der Waals surface area contributed by atoms with Gasteiger partial charge in [-0.1, -0.05) is 5.16 Å². The molecule has 0 unspecified atom stereocenters. The maximum absolute atomic E-state index is 12.8. The van der Waals surface area contributed by atoms with Gasteiger partial charge in [-0.15, -0.1) is 0 Å². The molecule has 0 atom stereocenters. The number of rotatable bonds is 4. The standard InChI is InChI=1S/C19H17N3O4/c1-10-16-14(9-15(11-3-4-11)21-18(16)26-22-10)17(23)20-13-7-5-12(6-8-13)19(24)25-2/h5-9,11H,3-4H2,1-2H3,(H,20,23). The summed E-state index contributed by atoms with van der Waals surface area (Å²) in [5.41, 5.74) is 3.36. The molecule has 3 aromatic rings. The summed E-state index contributed by atoms with van der Waals surface area (Å²) in [6.07, 6.45) is 2.14. The first-order valence-corrected chi connectivity index (χ1v) is 8.33. The smallest absolute Gasteiger partial charge is 0.337 e. The minimum Gasteiger partial charge on any atom is -0.465 e. The van der Waals surface area contributed by atoms with E-state index < -0.39 is 5.97 Å². The van der Waals surface area contributed by atoms with Gasteiger partial charge in [-0.2, -0.15) is 0 Å². The molecule has 1 aliphatic carbocycles. The Labute approximate surface area is 149 Å². The van der Waals surface area contributed by atoms with Gasteiger partial charge in [-0.05, 0) is 50.1 Å². The topological polar surface area (TPSA) is 94.3 Å². The fourth-order valence-electron chi connectivity index (χ4n) is 2.89. The van der Waals surface area contributed by atoms with Gasteiger partial charge in [0.05, 0.1) is 29.3 Å². The highest BCUT2D eigenvalue weighted by Gasteiger charge is 2.28. The molecule has 0 spiro atoms. The Morgan fingerprint density at radius 3 is 2.62 bits per heavy atom. The van der Waals surface area contributed by atoms with Gasteiger partial charge in [0.1, 0.15) is 0 Å². The van der Waals surface area contributed by atoms with Crippen LogP contribution in [0.2, 0.25) is 0 Å². The minimum atomic E-state index is -0.423. The molecule has 7 heteroatoms. The van der Waals surface area contributed by atoms with Crippen molar-refractivity contribution in [1.82, 2.24) is 10.1 Å². The van der Waals surface area contributed by atoms with Crippen LogP contribution < -0.4 is 5.32 Å². The molecule has 0 saturated heterocycles. The van der Waals surface area contributed by atoms with Crippen LogP contribution in [0, 0.1) is 6.92 Å². The Morgan fingerprint density at radius 2 is 1.96 bits per heavy atom. The highest BCUT2D eigenvalue weighted by molar-refractivity contribution is 6.12. The number of ether oxygens (including phenoxy) is 1.